The van der Waals surface area contributed by atoms with E-state index in [4.69, 9.17) is 25.4 Å². The van der Waals surface area contributed by atoms with Crippen LogP contribution in [-0.2, 0) is 23.9 Å². The lowest BCUT2D eigenvalue weighted by molar-refractivity contribution is -0.145. The van der Waals surface area contributed by atoms with Gasteiger partial charge in [-0.25, -0.2) is 14.4 Å². The van der Waals surface area contributed by atoms with Crippen molar-refractivity contribution in [2.75, 3.05) is 13.2 Å². The van der Waals surface area contributed by atoms with Crippen LogP contribution in [0.4, 0.5) is 0 Å². The lowest BCUT2D eigenvalue weighted by Crippen LogP contribution is -2.39. The molecule has 0 heterocycles. The number of amides is 1. The van der Waals surface area contributed by atoms with Gasteiger partial charge in [0.25, 0.3) is 0 Å². The van der Waals surface area contributed by atoms with Gasteiger partial charge < -0.3 is 25.3 Å². The second-order valence-electron chi connectivity index (χ2n) is 7.58. The van der Waals surface area contributed by atoms with E-state index >= 15 is 0 Å². The van der Waals surface area contributed by atoms with Gasteiger partial charge in [0.1, 0.15) is 17.6 Å². The lowest BCUT2D eigenvalue weighted by Gasteiger charge is -2.12. The van der Waals surface area contributed by atoms with Crippen LogP contribution in [0.15, 0.2) is 60.7 Å². The number of aryl methyl sites for hydroxylation is 1. The van der Waals surface area contributed by atoms with Gasteiger partial charge in [0.05, 0.1) is 18.8 Å². The minimum Gasteiger partial charge on any atom is -0.464 e. The number of hydrogen-bond donors (Lipinski definition) is 3. The number of carbonyl (C=O) groups is 4. The Morgan fingerprint density at radius 3 is 2.22 bits per heavy atom. The molecule has 0 saturated heterocycles. The largest absolute Gasteiger partial charge is 0.464 e. The number of hydrogen-bond acceptors (Lipinski definition) is 8. The van der Waals surface area contributed by atoms with E-state index in [0.717, 1.165) is 6.08 Å². The van der Waals surface area contributed by atoms with E-state index in [1.807, 2.05) is 0 Å². The highest BCUT2D eigenvalue weighted by molar-refractivity contribution is 5.97. The SMILES string of the molecule is CCOC(=O)/C=C/C(NC(=O)/C=C/c1ccc(C(=O)Oc2ccc(C(=N)N)cc2)cc1C)C(=O)OCC. The third kappa shape index (κ3) is 9.10. The number of nitrogens with two attached hydrogens (primary N) is 1. The molecule has 2 aromatic rings. The van der Waals surface area contributed by atoms with Crippen molar-refractivity contribution in [1.82, 2.24) is 5.32 Å². The maximum atomic E-state index is 12.5. The van der Waals surface area contributed by atoms with E-state index in [0.29, 0.717) is 28.0 Å². The fraction of sp³-hybridized carbons (Fsp3) is 0.222. The number of carbonyl (C=O) groups excluding carboxylic acids is 4. The number of ether oxygens (including phenoxy) is 3. The highest BCUT2D eigenvalue weighted by Gasteiger charge is 2.19. The van der Waals surface area contributed by atoms with Gasteiger partial charge in [-0.15, -0.1) is 0 Å². The first-order valence-electron chi connectivity index (χ1n) is 11.4. The summed E-state index contributed by atoms with van der Waals surface area (Å²) in [5, 5.41) is 9.87. The third-order valence-corrected chi connectivity index (χ3v) is 4.85. The minimum absolute atomic E-state index is 0.0876. The fourth-order valence-electron chi connectivity index (χ4n) is 3.01. The van der Waals surface area contributed by atoms with Gasteiger partial charge in [0.15, 0.2) is 0 Å². The van der Waals surface area contributed by atoms with Gasteiger partial charge in [-0.3, -0.25) is 10.2 Å². The first-order valence-corrected chi connectivity index (χ1v) is 11.4. The van der Waals surface area contributed by atoms with Crippen molar-refractivity contribution in [2.45, 2.75) is 26.8 Å². The van der Waals surface area contributed by atoms with E-state index < -0.39 is 29.9 Å². The monoisotopic (exact) mass is 507 g/mol. The van der Waals surface area contributed by atoms with Crippen LogP contribution in [0.5, 0.6) is 5.75 Å². The maximum absolute atomic E-state index is 12.5. The van der Waals surface area contributed by atoms with Gasteiger partial charge in [0.2, 0.25) is 5.91 Å². The summed E-state index contributed by atoms with van der Waals surface area (Å²) in [6.45, 7) is 5.31. The average molecular weight is 508 g/mol. The summed E-state index contributed by atoms with van der Waals surface area (Å²) >= 11 is 0. The quantitative estimate of drug-likeness (QED) is 0.138. The number of nitrogens with one attached hydrogen (secondary N) is 2. The second-order valence-corrected chi connectivity index (χ2v) is 7.58. The molecule has 0 radical (unpaired) electrons. The van der Waals surface area contributed by atoms with E-state index in [2.05, 4.69) is 5.32 Å². The summed E-state index contributed by atoms with van der Waals surface area (Å²) in [6.07, 6.45) is 4.99. The highest BCUT2D eigenvalue weighted by Crippen LogP contribution is 2.17. The number of esters is 3. The summed E-state index contributed by atoms with van der Waals surface area (Å²) in [7, 11) is 0. The number of benzene rings is 2. The Kier molecular flexibility index (Phi) is 10.8. The van der Waals surface area contributed by atoms with Crippen molar-refractivity contribution in [3.8, 4) is 5.75 Å². The second kappa shape index (κ2) is 14.0. The summed E-state index contributed by atoms with van der Waals surface area (Å²) in [5.74, 6) is -2.32. The van der Waals surface area contributed by atoms with Crippen LogP contribution in [0, 0.1) is 12.3 Å². The van der Waals surface area contributed by atoms with E-state index in [-0.39, 0.29) is 19.0 Å². The van der Waals surface area contributed by atoms with Crippen molar-refractivity contribution >= 4 is 35.7 Å². The molecule has 1 amide bonds. The molecule has 1 unspecified atom stereocenters. The molecule has 0 spiro atoms. The zero-order valence-electron chi connectivity index (χ0n) is 20.8. The molecule has 1 atom stereocenters. The first-order chi connectivity index (χ1) is 17.6. The predicted molar refractivity (Wildman–Crippen MR) is 137 cm³/mol. The van der Waals surface area contributed by atoms with Crippen LogP contribution in [0.25, 0.3) is 6.08 Å². The third-order valence-electron chi connectivity index (χ3n) is 4.85. The van der Waals surface area contributed by atoms with Crippen molar-refractivity contribution in [1.29, 1.82) is 5.41 Å². The minimum atomic E-state index is -1.18. The van der Waals surface area contributed by atoms with Crippen molar-refractivity contribution in [3.05, 3.63) is 82.9 Å². The lowest BCUT2D eigenvalue weighted by atomic mass is 10.0. The number of nitrogen functional groups attached to an aromatic ring is 1. The molecule has 194 valence electrons. The summed E-state index contributed by atoms with van der Waals surface area (Å²) < 4.78 is 15.1. The Balaban J connectivity index is 2.06. The van der Waals surface area contributed by atoms with Crippen LogP contribution in [0.1, 0.15) is 40.9 Å². The van der Waals surface area contributed by atoms with Gasteiger partial charge >= 0.3 is 17.9 Å². The Labute approximate surface area is 214 Å². The van der Waals surface area contributed by atoms with Crippen LogP contribution in [0.2, 0.25) is 0 Å². The normalized spacial score (nSPS) is 11.6. The smallest absolute Gasteiger partial charge is 0.343 e. The van der Waals surface area contributed by atoms with E-state index in [1.54, 1.807) is 63.2 Å². The summed E-state index contributed by atoms with van der Waals surface area (Å²) in [5.41, 5.74) is 7.60. The Morgan fingerprint density at radius 1 is 0.973 bits per heavy atom. The Bertz CT molecular complexity index is 1220. The van der Waals surface area contributed by atoms with Crippen molar-refractivity contribution < 1.29 is 33.4 Å². The molecule has 0 aromatic heterocycles. The Hall–Kier alpha value is -4.73. The van der Waals surface area contributed by atoms with Gasteiger partial charge in [-0.1, -0.05) is 6.07 Å². The molecular weight excluding hydrogens is 478 g/mol. The standard InChI is InChI=1S/C27H29N3O7/c1-4-35-24(32)15-13-22(27(34)36-5-2)30-23(31)14-10-18-6-7-20(16-17(18)3)26(33)37-21-11-8-19(9-12-21)25(28)29/h6-16,22H,4-5H2,1-3H3,(H3,28,29)(H,30,31)/b14-10+,15-13+. The molecule has 0 bridgehead atoms. The zero-order valence-corrected chi connectivity index (χ0v) is 20.8. The topological polar surface area (TPSA) is 158 Å². The molecule has 10 heteroatoms. The van der Waals surface area contributed by atoms with Gasteiger partial charge in [-0.2, -0.15) is 0 Å². The number of rotatable bonds is 11. The van der Waals surface area contributed by atoms with Crippen molar-refractivity contribution in [2.24, 2.45) is 5.73 Å². The van der Waals surface area contributed by atoms with Gasteiger partial charge in [-0.05, 0) is 80.4 Å². The molecule has 4 N–H and O–H groups in total. The molecule has 0 saturated carbocycles. The van der Waals surface area contributed by atoms with E-state index in [1.165, 1.54) is 18.2 Å². The molecule has 0 aliphatic rings. The van der Waals surface area contributed by atoms with Crippen LogP contribution in [0.3, 0.4) is 0 Å². The van der Waals surface area contributed by atoms with E-state index in [9.17, 15) is 19.2 Å². The molecule has 10 nitrogen and oxygen atoms in total. The first kappa shape index (κ1) is 28.5. The highest BCUT2D eigenvalue weighted by atomic mass is 16.5. The molecule has 0 aliphatic carbocycles. The molecule has 2 rings (SSSR count). The van der Waals surface area contributed by atoms with Gasteiger partial charge in [0, 0.05) is 17.7 Å². The molecule has 2 aromatic carbocycles. The fourth-order valence-corrected chi connectivity index (χ4v) is 3.01. The molecular formula is C27H29N3O7. The zero-order chi connectivity index (χ0) is 27.4. The number of amidine groups is 1. The van der Waals surface area contributed by atoms with Crippen LogP contribution >= 0.6 is 0 Å². The summed E-state index contributed by atoms with van der Waals surface area (Å²) in [4.78, 5) is 48.6. The average Bonchev–Trinajstić information content (AvgIpc) is 2.86. The molecule has 37 heavy (non-hydrogen) atoms. The predicted octanol–water partition coefficient (Wildman–Crippen LogP) is 2.68. The van der Waals surface area contributed by atoms with Crippen LogP contribution < -0.4 is 15.8 Å². The van der Waals surface area contributed by atoms with Crippen molar-refractivity contribution in [3.63, 3.8) is 0 Å². The maximum Gasteiger partial charge on any atom is 0.343 e. The molecule has 0 fully saturated rings. The molecule has 0 aliphatic heterocycles. The summed E-state index contributed by atoms with van der Waals surface area (Å²) in [6, 6.07) is 9.89. The van der Waals surface area contributed by atoms with Crippen LogP contribution in [-0.4, -0.2) is 48.9 Å². The Morgan fingerprint density at radius 2 is 1.62 bits per heavy atom.